The monoisotopic (exact) mass is 281 g/mol. The van der Waals surface area contributed by atoms with Gasteiger partial charge >= 0.3 is 0 Å². The van der Waals surface area contributed by atoms with E-state index in [9.17, 15) is 0 Å². The average molecular weight is 281 g/mol. The van der Waals surface area contributed by atoms with E-state index in [-0.39, 0.29) is 0 Å². The van der Waals surface area contributed by atoms with Gasteiger partial charge in [0.15, 0.2) is 17.3 Å². The summed E-state index contributed by atoms with van der Waals surface area (Å²) < 4.78 is 8.50. The van der Waals surface area contributed by atoms with Gasteiger partial charge in [0.05, 0.1) is 18.1 Å². The third-order valence-corrected chi connectivity index (χ3v) is 3.11. The van der Waals surface area contributed by atoms with Crippen molar-refractivity contribution >= 4 is 17.3 Å². The largest absolute Gasteiger partial charge is 0.363 e. The first-order chi connectivity index (χ1) is 10.3. The predicted molar refractivity (Wildman–Crippen MR) is 75.0 cm³/mol. The number of hydrogen-bond donors (Lipinski definition) is 1. The highest BCUT2D eigenvalue weighted by molar-refractivity contribution is 5.72. The first kappa shape index (κ1) is 11.6. The standard InChI is InChI=1S/C13H11N7O/c1-19-8-9(6-16-19)10-7-15-13-12(14-3-4-20(10)13)17-11-2-5-21-18-11/h2-8H,1H3,(H,14,17,18). The molecule has 8 heteroatoms. The summed E-state index contributed by atoms with van der Waals surface area (Å²) in [6.07, 6.45) is 10.6. The third-order valence-electron chi connectivity index (χ3n) is 3.11. The molecule has 4 aromatic heterocycles. The molecule has 0 saturated carbocycles. The van der Waals surface area contributed by atoms with Gasteiger partial charge in [0, 0.05) is 37.3 Å². The maximum absolute atomic E-state index is 4.80. The van der Waals surface area contributed by atoms with E-state index in [0.717, 1.165) is 11.3 Å². The summed E-state index contributed by atoms with van der Waals surface area (Å²) in [6, 6.07) is 1.72. The molecule has 1 N–H and O–H groups in total. The molecule has 0 atom stereocenters. The molecule has 0 radical (unpaired) electrons. The number of nitrogens with one attached hydrogen (secondary N) is 1. The number of anilines is 2. The van der Waals surface area contributed by atoms with Crippen LogP contribution >= 0.6 is 0 Å². The van der Waals surface area contributed by atoms with Gasteiger partial charge in [-0.05, 0) is 0 Å². The zero-order chi connectivity index (χ0) is 14.2. The summed E-state index contributed by atoms with van der Waals surface area (Å²) in [5.74, 6) is 1.20. The van der Waals surface area contributed by atoms with Gasteiger partial charge in [-0.2, -0.15) is 5.10 Å². The number of nitrogens with zero attached hydrogens (tertiary/aromatic N) is 6. The predicted octanol–water partition coefficient (Wildman–Crippen LogP) is 1.86. The van der Waals surface area contributed by atoms with Crippen molar-refractivity contribution in [2.75, 3.05) is 5.32 Å². The molecule has 0 bridgehead atoms. The normalized spacial score (nSPS) is 11.1. The van der Waals surface area contributed by atoms with Crippen molar-refractivity contribution in [2.24, 2.45) is 7.05 Å². The lowest BCUT2D eigenvalue weighted by atomic mass is 10.3. The third kappa shape index (κ3) is 1.93. The van der Waals surface area contributed by atoms with Crippen molar-refractivity contribution in [1.29, 1.82) is 0 Å². The van der Waals surface area contributed by atoms with Gasteiger partial charge in [-0.3, -0.25) is 9.08 Å². The molecule has 0 spiro atoms. The van der Waals surface area contributed by atoms with E-state index in [1.807, 2.05) is 23.8 Å². The Morgan fingerprint density at radius 3 is 2.95 bits per heavy atom. The molecule has 4 aromatic rings. The van der Waals surface area contributed by atoms with Gasteiger partial charge in [-0.1, -0.05) is 5.16 Å². The molecule has 104 valence electrons. The van der Waals surface area contributed by atoms with Crippen LogP contribution in [0.4, 0.5) is 11.6 Å². The molecule has 8 nitrogen and oxygen atoms in total. The van der Waals surface area contributed by atoms with Gasteiger partial charge in [0.1, 0.15) is 6.26 Å². The fourth-order valence-corrected chi connectivity index (χ4v) is 2.17. The number of aromatic nitrogens is 6. The van der Waals surface area contributed by atoms with Crippen LogP contribution in [0.3, 0.4) is 0 Å². The van der Waals surface area contributed by atoms with Crippen LogP contribution in [0, 0.1) is 0 Å². The van der Waals surface area contributed by atoms with Crippen LogP contribution in [0.15, 0.2) is 47.8 Å². The van der Waals surface area contributed by atoms with E-state index in [1.54, 1.807) is 29.3 Å². The Morgan fingerprint density at radius 2 is 2.19 bits per heavy atom. The Morgan fingerprint density at radius 1 is 1.24 bits per heavy atom. The summed E-state index contributed by atoms with van der Waals surface area (Å²) in [7, 11) is 1.88. The number of imidazole rings is 1. The topological polar surface area (TPSA) is 86.1 Å². The fraction of sp³-hybridized carbons (Fsp3) is 0.0769. The maximum Gasteiger partial charge on any atom is 0.180 e. The van der Waals surface area contributed by atoms with Crippen molar-refractivity contribution in [3.05, 3.63) is 43.3 Å². The van der Waals surface area contributed by atoms with Gasteiger partial charge < -0.3 is 9.84 Å². The number of hydrogen-bond acceptors (Lipinski definition) is 6. The molecule has 0 aliphatic carbocycles. The first-order valence-electron chi connectivity index (χ1n) is 6.30. The molecule has 0 aromatic carbocycles. The molecule has 0 amide bonds. The zero-order valence-electron chi connectivity index (χ0n) is 11.1. The highest BCUT2D eigenvalue weighted by atomic mass is 16.5. The lowest BCUT2D eigenvalue weighted by Gasteiger charge is -2.04. The molecule has 0 unspecified atom stereocenters. The molecule has 4 rings (SSSR count). The van der Waals surface area contributed by atoms with Crippen molar-refractivity contribution in [3.63, 3.8) is 0 Å². The maximum atomic E-state index is 4.80. The Bertz CT molecular complexity index is 890. The average Bonchev–Trinajstić information content (AvgIpc) is 3.18. The van der Waals surface area contributed by atoms with E-state index in [2.05, 4.69) is 25.5 Å². The van der Waals surface area contributed by atoms with E-state index >= 15 is 0 Å². The summed E-state index contributed by atoms with van der Waals surface area (Å²) in [5.41, 5.74) is 2.65. The van der Waals surface area contributed by atoms with Gasteiger partial charge in [-0.25, -0.2) is 9.97 Å². The van der Waals surface area contributed by atoms with Crippen LogP contribution in [-0.4, -0.2) is 29.3 Å². The highest BCUT2D eigenvalue weighted by Gasteiger charge is 2.12. The second-order valence-corrected chi connectivity index (χ2v) is 4.53. The Kier molecular flexibility index (Phi) is 2.46. The smallest absolute Gasteiger partial charge is 0.180 e. The van der Waals surface area contributed by atoms with Gasteiger partial charge in [0.2, 0.25) is 0 Å². The van der Waals surface area contributed by atoms with Gasteiger partial charge in [0.25, 0.3) is 0 Å². The van der Waals surface area contributed by atoms with E-state index in [0.29, 0.717) is 17.3 Å². The summed E-state index contributed by atoms with van der Waals surface area (Å²) in [6.45, 7) is 0. The van der Waals surface area contributed by atoms with Crippen LogP contribution in [0.5, 0.6) is 0 Å². The lowest BCUT2D eigenvalue weighted by molar-refractivity contribution is 0.423. The Labute approximate surface area is 119 Å². The number of rotatable bonds is 3. The Hall–Kier alpha value is -3.16. The molecular formula is C13H11N7O. The van der Waals surface area contributed by atoms with E-state index in [4.69, 9.17) is 4.52 Å². The van der Waals surface area contributed by atoms with Crippen molar-refractivity contribution in [2.45, 2.75) is 0 Å². The van der Waals surface area contributed by atoms with E-state index < -0.39 is 0 Å². The second kappa shape index (κ2) is 4.44. The van der Waals surface area contributed by atoms with Gasteiger partial charge in [-0.15, -0.1) is 0 Å². The van der Waals surface area contributed by atoms with Crippen LogP contribution in [-0.2, 0) is 7.05 Å². The van der Waals surface area contributed by atoms with Crippen molar-refractivity contribution in [1.82, 2.24) is 29.3 Å². The second-order valence-electron chi connectivity index (χ2n) is 4.53. The molecule has 4 heterocycles. The van der Waals surface area contributed by atoms with Crippen LogP contribution in [0.1, 0.15) is 0 Å². The molecule has 0 fully saturated rings. The first-order valence-corrected chi connectivity index (χ1v) is 6.30. The van der Waals surface area contributed by atoms with Crippen LogP contribution in [0.25, 0.3) is 16.9 Å². The van der Waals surface area contributed by atoms with Crippen LogP contribution < -0.4 is 5.32 Å². The summed E-state index contributed by atoms with van der Waals surface area (Å²) in [5, 5.41) is 11.1. The number of fused-ring (bicyclic) bond motifs is 1. The molecule has 0 saturated heterocycles. The quantitative estimate of drug-likeness (QED) is 0.617. The summed E-state index contributed by atoms with van der Waals surface area (Å²) in [4.78, 5) is 8.72. The SMILES string of the molecule is Cn1cc(-c2cnc3c(Nc4ccon4)nccn23)cn1. The summed E-state index contributed by atoms with van der Waals surface area (Å²) >= 11 is 0. The molecule has 0 aliphatic rings. The number of aryl methyl sites for hydroxylation is 1. The minimum Gasteiger partial charge on any atom is -0.363 e. The molecule has 0 aliphatic heterocycles. The molecular weight excluding hydrogens is 270 g/mol. The van der Waals surface area contributed by atoms with Crippen LogP contribution in [0.2, 0.25) is 0 Å². The van der Waals surface area contributed by atoms with Crippen molar-refractivity contribution in [3.8, 4) is 11.3 Å². The highest BCUT2D eigenvalue weighted by Crippen LogP contribution is 2.24. The fourth-order valence-electron chi connectivity index (χ4n) is 2.17. The van der Waals surface area contributed by atoms with Crippen molar-refractivity contribution < 1.29 is 4.52 Å². The minimum atomic E-state index is 0.585. The Balaban J connectivity index is 1.82. The van der Waals surface area contributed by atoms with E-state index in [1.165, 1.54) is 6.26 Å². The molecule has 21 heavy (non-hydrogen) atoms. The zero-order valence-corrected chi connectivity index (χ0v) is 11.1. The lowest BCUT2D eigenvalue weighted by Crippen LogP contribution is -1.98. The minimum absolute atomic E-state index is 0.585.